The summed E-state index contributed by atoms with van der Waals surface area (Å²) < 4.78 is 49.1. The lowest BCUT2D eigenvalue weighted by molar-refractivity contribution is 0.0827. The van der Waals surface area contributed by atoms with E-state index in [1.54, 1.807) is 19.2 Å². The second kappa shape index (κ2) is 14.6. The zero-order valence-electron chi connectivity index (χ0n) is 27.3. The molecule has 47 heavy (non-hydrogen) atoms. The number of pyridine rings is 1. The Labute approximate surface area is 278 Å². The number of aromatic nitrogens is 3. The monoisotopic (exact) mass is 668 g/mol. The van der Waals surface area contributed by atoms with Crippen molar-refractivity contribution in [3.8, 4) is 17.0 Å². The Hall–Kier alpha value is -4.42. The number of nitrogens with zero attached hydrogens (tertiary/aromatic N) is 3. The maximum atomic E-state index is 14.1. The fraction of sp³-hybridized carbons (Fsp3) is 0.250. The van der Waals surface area contributed by atoms with Crippen molar-refractivity contribution in [3.63, 3.8) is 0 Å². The van der Waals surface area contributed by atoms with Gasteiger partial charge in [-0.2, -0.15) is 0 Å². The van der Waals surface area contributed by atoms with Crippen LogP contribution in [0.15, 0.2) is 114 Å². The van der Waals surface area contributed by atoms with Gasteiger partial charge in [0.1, 0.15) is 4.90 Å². The summed E-state index contributed by atoms with van der Waals surface area (Å²) in [6, 6.07) is 31.7. The third kappa shape index (κ3) is 7.44. The van der Waals surface area contributed by atoms with Gasteiger partial charge in [-0.3, -0.25) is 9.71 Å². The quantitative estimate of drug-likeness (QED) is 0.125. The third-order valence-electron chi connectivity index (χ3n) is 7.82. The van der Waals surface area contributed by atoms with E-state index in [0.29, 0.717) is 23.4 Å². The highest BCUT2D eigenvalue weighted by Crippen LogP contribution is 2.37. The van der Waals surface area contributed by atoms with Crippen LogP contribution >= 0.6 is 0 Å². The molecule has 1 N–H and O–H groups in total. The van der Waals surface area contributed by atoms with Crippen molar-refractivity contribution in [2.24, 2.45) is 0 Å². The van der Waals surface area contributed by atoms with E-state index in [1.165, 1.54) is 23.7 Å². The molecule has 0 aliphatic heterocycles. The Kier molecular flexibility index (Phi) is 10.5. The molecule has 3 aromatic carbocycles. The van der Waals surface area contributed by atoms with Crippen LogP contribution in [0.5, 0.6) is 5.88 Å². The van der Waals surface area contributed by atoms with Crippen molar-refractivity contribution in [2.75, 3.05) is 25.0 Å². The van der Waals surface area contributed by atoms with E-state index >= 15 is 0 Å². The fourth-order valence-corrected chi connectivity index (χ4v) is 11.7. The average molecular weight is 669 g/mol. The lowest BCUT2D eigenvalue weighted by Gasteiger charge is -2.43. The summed E-state index contributed by atoms with van der Waals surface area (Å²) in [6.45, 7) is 8.88. The average Bonchev–Trinajstić information content (AvgIpc) is 3.07. The van der Waals surface area contributed by atoms with Crippen molar-refractivity contribution >= 4 is 34.5 Å². The summed E-state index contributed by atoms with van der Waals surface area (Å²) in [6.07, 6.45) is 3.06. The van der Waals surface area contributed by atoms with Crippen molar-refractivity contribution in [3.05, 3.63) is 121 Å². The minimum absolute atomic E-state index is 0.0106. The largest absolute Gasteiger partial charge is 0.478 e. The Morgan fingerprint density at radius 2 is 1.40 bits per heavy atom. The van der Waals surface area contributed by atoms with E-state index in [9.17, 15) is 8.42 Å². The molecule has 0 radical (unpaired) electrons. The van der Waals surface area contributed by atoms with E-state index in [0.717, 1.165) is 0 Å². The van der Waals surface area contributed by atoms with Crippen LogP contribution in [0.1, 0.15) is 32.2 Å². The van der Waals surface area contributed by atoms with Crippen LogP contribution in [0.3, 0.4) is 0 Å². The van der Waals surface area contributed by atoms with E-state index in [2.05, 4.69) is 64.7 Å². The highest BCUT2D eigenvalue weighted by molar-refractivity contribution is 7.93. The summed E-state index contributed by atoms with van der Waals surface area (Å²) >= 11 is 0. The summed E-state index contributed by atoms with van der Waals surface area (Å²) in [7, 11) is -5.57. The van der Waals surface area contributed by atoms with E-state index < -0.39 is 18.3 Å². The van der Waals surface area contributed by atoms with Gasteiger partial charge in [-0.15, -0.1) is 0 Å². The van der Waals surface area contributed by atoms with Crippen LogP contribution in [0.4, 0.5) is 5.82 Å². The zero-order chi connectivity index (χ0) is 33.5. The highest BCUT2D eigenvalue weighted by Gasteiger charge is 2.50. The Balaban J connectivity index is 1.43. The smallest absolute Gasteiger partial charge is 0.265 e. The Morgan fingerprint density at radius 1 is 0.809 bits per heavy atom. The number of methoxy groups -OCH3 is 1. The number of sulfonamides is 1. The number of hydrogen-bond donors (Lipinski definition) is 1. The summed E-state index contributed by atoms with van der Waals surface area (Å²) in [4.78, 5) is 12.9. The third-order valence-corrected chi connectivity index (χ3v) is 14.3. The second-order valence-corrected chi connectivity index (χ2v) is 18.0. The maximum absolute atomic E-state index is 14.1. The Morgan fingerprint density at radius 3 is 1.98 bits per heavy atom. The molecule has 0 atom stereocenters. The first-order valence-corrected chi connectivity index (χ1v) is 18.7. The molecule has 0 unspecified atom stereocenters. The van der Waals surface area contributed by atoms with Gasteiger partial charge >= 0.3 is 0 Å². The molecule has 5 rings (SSSR count). The minimum Gasteiger partial charge on any atom is -0.478 e. The molecule has 9 nitrogen and oxygen atoms in total. The molecule has 0 fully saturated rings. The first-order valence-electron chi connectivity index (χ1n) is 15.3. The topological polar surface area (TPSA) is 113 Å². The van der Waals surface area contributed by atoms with Crippen molar-refractivity contribution in [1.29, 1.82) is 0 Å². The van der Waals surface area contributed by atoms with Gasteiger partial charge in [-0.1, -0.05) is 112 Å². The molecule has 0 bridgehead atoms. The molecule has 0 aliphatic rings. The number of hydrogen-bond acceptors (Lipinski definition) is 8. The van der Waals surface area contributed by atoms with Crippen LogP contribution in [0, 0.1) is 6.92 Å². The number of ether oxygens (including phenoxy) is 2. The molecule has 11 heteroatoms. The molecule has 244 valence electrons. The van der Waals surface area contributed by atoms with Gasteiger partial charge in [0.2, 0.25) is 5.82 Å². The predicted octanol–water partition coefficient (Wildman–Crippen LogP) is 5.75. The maximum Gasteiger partial charge on any atom is 0.265 e. The zero-order valence-corrected chi connectivity index (χ0v) is 29.1. The molecule has 0 saturated carbocycles. The molecule has 5 aromatic rings. The fourth-order valence-electron chi connectivity index (χ4n) is 5.77. The van der Waals surface area contributed by atoms with E-state index in [-0.39, 0.29) is 40.5 Å². The lowest BCUT2D eigenvalue weighted by atomic mass is 10.1. The molecule has 0 saturated heterocycles. The van der Waals surface area contributed by atoms with Crippen LogP contribution in [0.25, 0.3) is 11.1 Å². The summed E-state index contributed by atoms with van der Waals surface area (Å²) in [5.74, 6) is 0.0449. The van der Waals surface area contributed by atoms with Crippen molar-refractivity contribution < 1.29 is 22.3 Å². The van der Waals surface area contributed by atoms with Gasteiger partial charge in [-0.05, 0) is 34.0 Å². The van der Waals surface area contributed by atoms with Crippen molar-refractivity contribution in [2.45, 2.75) is 44.2 Å². The van der Waals surface area contributed by atoms with Crippen LogP contribution in [-0.4, -0.2) is 52.0 Å². The number of nitrogens with one attached hydrogen (secondary N) is 1. The summed E-state index contributed by atoms with van der Waals surface area (Å²) in [5.41, 5.74) is 2.04. The number of aryl methyl sites for hydroxylation is 1. The SMILES string of the molecule is COc1nc(C)cnc1NS(=O)(=O)c1c(-c2ccccc2)ccnc1COCCO[Si](c1ccccc1)(c1ccccc1)C(C)(C)C. The van der Waals surface area contributed by atoms with Gasteiger partial charge in [0.15, 0.2) is 0 Å². The first kappa shape index (κ1) is 33.9. The van der Waals surface area contributed by atoms with Crippen LogP contribution in [-0.2, 0) is 25.8 Å². The summed E-state index contributed by atoms with van der Waals surface area (Å²) in [5, 5.41) is 2.16. The van der Waals surface area contributed by atoms with Crippen LogP contribution in [0.2, 0.25) is 5.04 Å². The number of anilines is 1. The van der Waals surface area contributed by atoms with Gasteiger partial charge in [0.05, 0.1) is 44.5 Å². The van der Waals surface area contributed by atoms with Gasteiger partial charge in [-0.25, -0.2) is 18.4 Å². The van der Waals surface area contributed by atoms with E-state index in [1.807, 2.05) is 66.7 Å². The number of rotatable bonds is 13. The Bertz CT molecular complexity index is 1850. The van der Waals surface area contributed by atoms with Gasteiger partial charge in [0, 0.05) is 11.8 Å². The molecule has 0 spiro atoms. The number of benzene rings is 3. The molecular formula is C36H40N4O5SSi. The highest BCUT2D eigenvalue weighted by atomic mass is 32.2. The molecule has 2 aromatic heterocycles. The standard InChI is InChI=1S/C36H40N4O5SSi/c1-27-25-38-34(35(39-27)43-5)40-46(41,42)33-31(28-15-9-6-10-16-28)21-22-37-32(33)26-44-23-24-45-47(36(2,3)4,29-17-11-7-12-18-29)30-19-13-8-14-20-30/h6-22,25H,23-24,26H2,1-5H3,(H,38,40). The minimum atomic E-state index is -4.22. The van der Waals surface area contributed by atoms with Gasteiger partial charge < -0.3 is 13.9 Å². The molecule has 2 heterocycles. The van der Waals surface area contributed by atoms with Gasteiger partial charge in [0.25, 0.3) is 24.2 Å². The first-order chi connectivity index (χ1) is 22.6. The molecule has 0 amide bonds. The molecular weight excluding hydrogens is 629 g/mol. The van der Waals surface area contributed by atoms with Crippen LogP contribution < -0.4 is 19.8 Å². The van der Waals surface area contributed by atoms with E-state index in [4.69, 9.17) is 13.9 Å². The normalized spacial score (nSPS) is 12.1. The molecule has 0 aliphatic carbocycles. The second-order valence-electron chi connectivity index (χ2n) is 12.0. The lowest BCUT2D eigenvalue weighted by Crippen LogP contribution is -2.66. The predicted molar refractivity (Wildman–Crippen MR) is 187 cm³/mol. The van der Waals surface area contributed by atoms with Crippen molar-refractivity contribution in [1.82, 2.24) is 15.0 Å².